The van der Waals surface area contributed by atoms with Crippen molar-refractivity contribution in [2.75, 3.05) is 17.7 Å². The first-order valence-corrected chi connectivity index (χ1v) is 6.48. The molecule has 2 aromatic heterocycles. The quantitative estimate of drug-likeness (QED) is 0.927. The molecule has 0 atom stereocenters. The lowest BCUT2D eigenvalue weighted by atomic mass is 10.2. The van der Waals surface area contributed by atoms with E-state index in [0.717, 1.165) is 3.79 Å². The van der Waals surface area contributed by atoms with Crippen LogP contribution in [0.3, 0.4) is 0 Å². The average molecular weight is 312 g/mol. The number of anilines is 2. The molecule has 0 radical (unpaired) electrons. The van der Waals surface area contributed by atoms with E-state index in [4.69, 9.17) is 5.73 Å². The number of amides is 1. The van der Waals surface area contributed by atoms with Crippen LogP contribution in [0.4, 0.5) is 11.4 Å². The van der Waals surface area contributed by atoms with Crippen LogP contribution < -0.4 is 10.6 Å². The molecule has 0 saturated heterocycles. The van der Waals surface area contributed by atoms with E-state index in [2.05, 4.69) is 20.9 Å². The molecule has 1 amide bonds. The van der Waals surface area contributed by atoms with E-state index in [9.17, 15) is 4.79 Å². The van der Waals surface area contributed by atoms with Gasteiger partial charge in [0.1, 0.15) is 0 Å². The fourth-order valence-electron chi connectivity index (χ4n) is 1.43. The normalized spacial score (nSPS) is 10.2. The number of nitrogens with two attached hydrogens (primary N) is 1. The predicted octanol–water partition coefficient (Wildman–Crippen LogP) is 2.76. The number of rotatable bonds is 2. The van der Waals surface area contributed by atoms with E-state index in [-0.39, 0.29) is 5.91 Å². The smallest absolute Gasteiger partial charge is 0.258 e. The van der Waals surface area contributed by atoms with Gasteiger partial charge in [0, 0.05) is 18.6 Å². The lowest BCUT2D eigenvalue weighted by Gasteiger charge is -2.18. The molecule has 0 spiro atoms. The molecule has 0 aliphatic rings. The topological polar surface area (TPSA) is 59.2 Å². The molecule has 0 saturated carbocycles. The predicted molar refractivity (Wildman–Crippen MR) is 73.4 cm³/mol. The van der Waals surface area contributed by atoms with Crippen LogP contribution in [0.1, 0.15) is 10.4 Å². The Morgan fingerprint density at radius 1 is 1.59 bits per heavy atom. The molecule has 0 aliphatic heterocycles. The molecular formula is C11H10BrN3OS. The van der Waals surface area contributed by atoms with Gasteiger partial charge < -0.3 is 10.6 Å². The van der Waals surface area contributed by atoms with Gasteiger partial charge in [-0.05, 0) is 28.1 Å². The van der Waals surface area contributed by atoms with Crippen molar-refractivity contribution in [3.63, 3.8) is 0 Å². The van der Waals surface area contributed by atoms with E-state index in [1.54, 1.807) is 30.8 Å². The number of nitrogen functional groups attached to an aromatic ring is 1. The van der Waals surface area contributed by atoms with E-state index >= 15 is 0 Å². The number of hydrogen-bond donors (Lipinski definition) is 1. The van der Waals surface area contributed by atoms with Crippen molar-refractivity contribution in [2.45, 2.75) is 0 Å². The first kappa shape index (κ1) is 12.1. The van der Waals surface area contributed by atoms with Crippen LogP contribution in [0.5, 0.6) is 0 Å². The number of thiophene rings is 1. The zero-order chi connectivity index (χ0) is 12.4. The van der Waals surface area contributed by atoms with Crippen LogP contribution >= 0.6 is 27.3 Å². The van der Waals surface area contributed by atoms with E-state index in [1.165, 1.54) is 22.4 Å². The summed E-state index contributed by atoms with van der Waals surface area (Å²) in [6.45, 7) is 0. The summed E-state index contributed by atoms with van der Waals surface area (Å²) in [4.78, 5) is 17.6. The molecule has 2 N–H and O–H groups in total. The van der Waals surface area contributed by atoms with Gasteiger partial charge in [0.2, 0.25) is 0 Å². The second-order valence-corrected chi connectivity index (χ2v) is 5.73. The summed E-state index contributed by atoms with van der Waals surface area (Å²) >= 11 is 4.81. The molecule has 4 nitrogen and oxygen atoms in total. The molecule has 2 rings (SSSR count). The molecule has 0 fully saturated rings. The van der Waals surface area contributed by atoms with Gasteiger partial charge in [0.05, 0.1) is 26.9 Å². The van der Waals surface area contributed by atoms with Crippen LogP contribution in [-0.2, 0) is 0 Å². The molecule has 0 aromatic carbocycles. The van der Waals surface area contributed by atoms with Gasteiger partial charge in [0.25, 0.3) is 5.91 Å². The summed E-state index contributed by atoms with van der Waals surface area (Å²) in [6.07, 6.45) is 3.14. The van der Waals surface area contributed by atoms with E-state index in [0.29, 0.717) is 16.9 Å². The van der Waals surface area contributed by atoms with Gasteiger partial charge >= 0.3 is 0 Å². The molecule has 0 unspecified atom stereocenters. The Morgan fingerprint density at radius 2 is 2.35 bits per heavy atom. The van der Waals surface area contributed by atoms with Crippen LogP contribution in [0.2, 0.25) is 0 Å². The number of pyridine rings is 1. The van der Waals surface area contributed by atoms with Crippen LogP contribution in [-0.4, -0.2) is 17.9 Å². The van der Waals surface area contributed by atoms with Crippen molar-refractivity contribution in [1.82, 2.24) is 4.98 Å². The molecule has 0 aliphatic carbocycles. The summed E-state index contributed by atoms with van der Waals surface area (Å²) in [7, 11) is 1.69. The van der Waals surface area contributed by atoms with Gasteiger partial charge in [-0.25, -0.2) is 0 Å². The minimum absolute atomic E-state index is 0.0927. The van der Waals surface area contributed by atoms with Crippen LogP contribution in [0.25, 0.3) is 0 Å². The fraction of sp³-hybridized carbons (Fsp3) is 0.0909. The largest absolute Gasteiger partial charge is 0.396 e. The lowest BCUT2D eigenvalue weighted by molar-refractivity contribution is 0.0993. The lowest BCUT2D eigenvalue weighted by Crippen LogP contribution is -2.26. The Kier molecular flexibility index (Phi) is 3.44. The Balaban J connectivity index is 2.29. The number of aromatic nitrogens is 1. The molecule has 88 valence electrons. The Morgan fingerprint density at radius 3 is 2.94 bits per heavy atom. The van der Waals surface area contributed by atoms with E-state index in [1.807, 2.05) is 0 Å². The van der Waals surface area contributed by atoms with Crippen molar-refractivity contribution in [1.29, 1.82) is 0 Å². The summed E-state index contributed by atoms with van der Waals surface area (Å²) in [6, 6.07) is 3.51. The summed E-state index contributed by atoms with van der Waals surface area (Å²) in [5.41, 5.74) is 7.56. The second kappa shape index (κ2) is 4.85. The second-order valence-electron chi connectivity index (χ2n) is 3.44. The Bertz CT molecular complexity index is 555. The minimum atomic E-state index is -0.0927. The maximum absolute atomic E-state index is 12.1. The standard InChI is InChI=1S/C11H10BrN3OS/c1-15(9-2-3-14-5-8(9)13)11(16)7-4-10(12)17-6-7/h2-6H,13H2,1H3. The first-order chi connectivity index (χ1) is 8.09. The molecule has 2 aromatic rings. The highest BCUT2D eigenvalue weighted by Gasteiger charge is 2.16. The van der Waals surface area contributed by atoms with Crippen molar-refractivity contribution >= 4 is 44.5 Å². The zero-order valence-corrected chi connectivity index (χ0v) is 11.5. The number of carbonyl (C=O) groups is 1. The minimum Gasteiger partial charge on any atom is -0.396 e. The summed E-state index contributed by atoms with van der Waals surface area (Å²) in [5, 5.41) is 1.81. The van der Waals surface area contributed by atoms with Gasteiger partial charge in [-0.3, -0.25) is 9.78 Å². The number of nitrogens with zero attached hydrogens (tertiary/aromatic N) is 2. The van der Waals surface area contributed by atoms with Crippen LogP contribution in [0, 0.1) is 0 Å². The Labute approximate surface area is 111 Å². The highest BCUT2D eigenvalue weighted by atomic mass is 79.9. The van der Waals surface area contributed by atoms with Crippen molar-refractivity contribution in [2.24, 2.45) is 0 Å². The molecule has 2 heterocycles. The fourth-order valence-corrected chi connectivity index (χ4v) is 2.56. The summed E-state index contributed by atoms with van der Waals surface area (Å²) < 4.78 is 0.928. The SMILES string of the molecule is CN(C(=O)c1csc(Br)c1)c1ccncc1N. The number of hydrogen-bond acceptors (Lipinski definition) is 4. The molecule has 6 heteroatoms. The summed E-state index contributed by atoms with van der Waals surface area (Å²) in [5.74, 6) is -0.0927. The molecule has 17 heavy (non-hydrogen) atoms. The zero-order valence-electron chi connectivity index (χ0n) is 9.05. The Hall–Kier alpha value is -1.40. The molecular weight excluding hydrogens is 302 g/mol. The monoisotopic (exact) mass is 311 g/mol. The number of halogens is 1. The van der Waals surface area contributed by atoms with Gasteiger partial charge in [-0.2, -0.15) is 0 Å². The highest BCUT2D eigenvalue weighted by Crippen LogP contribution is 2.25. The third-order valence-corrected chi connectivity index (χ3v) is 3.81. The highest BCUT2D eigenvalue weighted by molar-refractivity contribution is 9.11. The molecule has 0 bridgehead atoms. The third kappa shape index (κ3) is 2.48. The van der Waals surface area contributed by atoms with Crippen molar-refractivity contribution < 1.29 is 4.79 Å². The van der Waals surface area contributed by atoms with Gasteiger partial charge in [-0.15, -0.1) is 11.3 Å². The van der Waals surface area contributed by atoms with Crippen molar-refractivity contribution in [3.8, 4) is 0 Å². The van der Waals surface area contributed by atoms with Crippen LogP contribution in [0.15, 0.2) is 33.7 Å². The number of carbonyl (C=O) groups excluding carboxylic acids is 1. The van der Waals surface area contributed by atoms with Gasteiger partial charge in [-0.1, -0.05) is 0 Å². The first-order valence-electron chi connectivity index (χ1n) is 4.81. The van der Waals surface area contributed by atoms with Crippen molar-refractivity contribution in [3.05, 3.63) is 39.3 Å². The average Bonchev–Trinajstić information content (AvgIpc) is 2.75. The maximum atomic E-state index is 12.1. The third-order valence-electron chi connectivity index (χ3n) is 2.31. The maximum Gasteiger partial charge on any atom is 0.258 e. The van der Waals surface area contributed by atoms with Gasteiger partial charge in [0.15, 0.2) is 0 Å². The van der Waals surface area contributed by atoms with E-state index < -0.39 is 0 Å².